The van der Waals surface area contributed by atoms with Crippen molar-refractivity contribution in [1.82, 2.24) is 10.3 Å². The van der Waals surface area contributed by atoms with Gasteiger partial charge < -0.3 is 24.5 Å². The Morgan fingerprint density at radius 1 is 1.00 bits per heavy atom. The van der Waals surface area contributed by atoms with Crippen LogP contribution in [-0.2, 0) is 16.0 Å². The minimum atomic E-state index is -0.592. The number of fused-ring (bicyclic) bond motifs is 1. The standard InChI is InChI=1S/C23H26N2O5/c1-3-28-20-10-9-16(13-21(20)29-4-2)23(27)30-15-22(26)24-12-11-17-14-25-19-8-6-5-7-18(17)19/h5-10,13-14,25H,3-4,11-12,15H2,1-2H3,(H,24,26). The predicted octanol–water partition coefficient (Wildman–Crippen LogP) is 3.48. The Bertz CT molecular complexity index is 1010. The molecule has 7 heteroatoms. The van der Waals surface area contributed by atoms with Gasteiger partial charge in [0.25, 0.3) is 5.91 Å². The van der Waals surface area contributed by atoms with Gasteiger partial charge in [-0.25, -0.2) is 4.79 Å². The van der Waals surface area contributed by atoms with E-state index in [-0.39, 0.29) is 12.5 Å². The molecule has 3 rings (SSSR count). The maximum absolute atomic E-state index is 12.3. The molecule has 0 aliphatic rings. The van der Waals surface area contributed by atoms with Gasteiger partial charge in [0.15, 0.2) is 18.1 Å². The molecule has 7 nitrogen and oxygen atoms in total. The van der Waals surface area contributed by atoms with E-state index < -0.39 is 5.97 Å². The summed E-state index contributed by atoms with van der Waals surface area (Å²) in [5.41, 5.74) is 2.49. The molecule has 2 aromatic carbocycles. The third-order valence-electron chi connectivity index (χ3n) is 4.50. The van der Waals surface area contributed by atoms with E-state index in [9.17, 15) is 9.59 Å². The normalized spacial score (nSPS) is 10.6. The van der Waals surface area contributed by atoms with Crippen LogP contribution in [0.5, 0.6) is 11.5 Å². The summed E-state index contributed by atoms with van der Waals surface area (Å²) < 4.78 is 16.1. The molecule has 0 fully saturated rings. The van der Waals surface area contributed by atoms with Crippen LogP contribution in [0.2, 0.25) is 0 Å². The first-order valence-electron chi connectivity index (χ1n) is 10.0. The summed E-state index contributed by atoms with van der Waals surface area (Å²) in [6.45, 7) is 4.76. The number of hydrogen-bond acceptors (Lipinski definition) is 5. The lowest BCUT2D eigenvalue weighted by Gasteiger charge is -2.12. The molecular formula is C23H26N2O5. The summed E-state index contributed by atoms with van der Waals surface area (Å²) in [4.78, 5) is 27.5. The van der Waals surface area contributed by atoms with E-state index in [2.05, 4.69) is 10.3 Å². The molecule has 158 valence electrons. The maximum Gasteiger partial charge on any atom is 0.338 e. The summed E-state index contributed by atoms with van der Waals surface area (Å²) in [6.07, 6.45) is 2.62. The summed E-state index contributed by atoms with van der Waals surface area (Å²) in [6, 6.07) is 12.8. The van der Waals surface area contributed by atoms with Gasteiger partial charge in [0, 0.05) is 23.6 Å². The molecule has 0 atom stereocenters. The van der Waals surface area contributed by atoms with Gasteiger partial charge in [-0.3, -0.25) is 4.79 Å². The number of aromatic amines is 1. The Morgan fingerprint density at radius 2 is 1.77 bits per heavy atom. The highest BCUT2D eigenvalue weighted by atomic mass is 16.5. The molecule has 0 spiro atoms. The van der Waals surface area contributed by atoms with Gasteiger partial charge in [0.1, 0.15) is 0 Å². The van der Waals surface area contributed by atoms with E-state index in [1.54, 1.807) is 18.2 Å². The molecule has 0 saturated carbocycles. The number of benzene rings is 2. The van der Waals surface area contributed by atoms with Crippen LogP contribution in [0, 0.1) is 0 Å². The van der Waals surface area contributed by atoms with Gasteiger partial charge in [-0.2, -0.15) is 0 Å². The van der Waals surface area contributed by atoms with Crippen LogP contribution in [0.1, 0.15) is 29.8 Å². The van der Waals surface area contributed by atoms with Gasteiger partial charge in [-0.1, -0.05) is 18.2 Å². The average molecular weight is 410 g/mol. The van der Waals surface area contributed by atoms with Crippen molar-refractivity contribution < 1.29 is 23.8 Å². The second-order valence-corrected chi connectivity index (χ2v) is 6.56. The van der Waals surface area contributed by atoms with Crippen LogP contribution < -0.4 is 14.8 Å². The first kappa shape index (κ1) is 21.2. The lowest BCUT2D eigenvalue weighted by Crippen LogP contribution is -2.30. The third kappa shape index (κ3) is 5.31. The number of rotatable bonds is 10. The summed E-state index contributed by atoms with van der Waals surface area (Å²) in [7, 11) is 0. The number of carbonyl (C=O) groups is 2. The van der Waals surface area contributed by atoms with E-state index in [4.69, 9.17) is 14.2 Å². The largest absolute Gasteiger partial charge is 0.490 e. The maximum atomic E-state index is 12.3. The Hall–Kier alpha value is -3.48. The van der Waals surface area contributed by atoms with E-state index in [1.165, 1.54) is 0 Å². The van der Waals surface area contributed by atoms with Crippen molar-refractivity contribution in [2.75, 3.05) is 26.4 Å². The predicted molar refractivity (Wildman–Crippen MR) is 114 cm³/mol. The minimum absolute atomic E-state index is 0.300. The van der Waals surface area contributed by atoms with Crippen LogP contribution >= 0.6 is 0 Å². The summed E-state index contributed by atoms with van der Waals surface area (Å²) in [5, 5.41) is 3.91. The monoisotopic (exact) mass is 410 g/mol. The van der Waals surface area contributed by atoms with E-state index in [0.717, 1.165) is 16.5 Å². The number of carbonyl (C=O) groups excluding carboxylic acids is 2. The van der Waals surface area contributed by atoms with Crippen LogP contribution in [-0.4, -0.2) is 43.2 Å². The van der Waals surface area contributed by atoms with Crippen molar-refractivity contribution in [3.05, 3.63) is 59.8 Å². The van der Waals surface area contributed by atoms with E-state index in [0.29, 0.717) is 43.2 Å². The van der Waals surface area contributed by atoms with Gasteiger partial charge >= 0.3 is 5.97 Å². The molecule has 3 aromatic rings. The van der Waals surface area contributed by atoms with Crippen LogP contribution in [0.25, 0.3) is 10.9 Å². The third-order valence-corrected chi connectivity index (χ3v) is 4.50. The Kier molecular flexibility index (Phi) is 7.32. The SMILES string of the molecule is CCOc1ccc(C(=O)OCC(=O)NCCc2c[nH]c3ccccc23)cc1OCC. The van der Waals surface area contributed by atoms with Gasteiger partial charge in [0.05, 0.1) is 18.8 Å². The molecule has 0 saturated heterocycles. The highest BCUT2D eigenvalue weighted by Gasteiger charge is 2.14. The molecule has 0 bridgehead atoms. The van der Waals surface area contributed by atoms with Crippen molar-refractivity contribution in [3.63, 3.8) is 0 Å². The zero-order chi connectivity index (χ0) is 21.3. The van der Waals surface area contributed by atoms with Gasteiger partial charge in [0.2, 0.25) is 0 Å². The Morgan fingerprint density at radius 3 is 2.57 bits per heavy atom. The number of aromatic nitrogens is 1. The molecule has 30 heavy (non-hydrogen) atoms. The van der Waals surface area contributed by atoms with E-state index >= 15 is 0 Å². The molecule has 1 amide bonds. The van der Waals surface area contributed by atoms with Crippen LogP contribution in [0.4, 0.5) is 0 Å². The summed E-state index contributed by atoms with van der Waals surface area (Å²) >= 11 is 0. The fourth-order valence-electron chi connectivity index (χ4n) is 3.12. The van der Waals surface area contributed by atoms with Crippen molar-refractivity contribution in [3.8, 4) is 11.5 Å². The second-order valence-electron chi connectivity index (χ2n) is 6.56. The second kappa shape index (κ2) is 10.3. The first-order chi connectivity index (χ1) is 14.6. The number of esters is 1. The number of para-hydroxylation sites is 1. The Balaban J connectivity index is 1.48. The molecule has 0 aliphatic carbocycles. The lowest BCUT2D eigenvalue weighted by molar-refractivity contribution is -0.124. The van der Waals surface area contributed by atoms with Crippen molar-refractivity contribution >= 4 is 22.8 Å². The zero-order valence-corrected chi connectivity index (χ0v) is 17.2. The van der Waals surface area contributed by atoms with Crippen molar-refractivity contribution in [1.29, 1.82) is 0 Å². The Labute approximate surface area is 175 Å². The van der Waals surface area contributed by atoms with Gasteiger partial charge in [-0.05, 0) is 50.1 Å². The van der Waals surface area contributed by atoms with Crippen molar-refractivity contribution in [2.24, 2.45) is 0 Å². The molecule has 0 unspecified atom stereocenters. The van der Waals surface area contributed by atoms with Crippen LogP contribution in [0.15, 0.2) is 48.7 Å². The molecular weight excluding hydrogens is 384 g/mol. The number of amides is 1. The number of nitrogens with one attached hydrogen (secondary N) is 2. The van der Waals surface area contributed by atoms with Crippen LogP contribution in [0.3, 0.4) is 0 Å². The molecule has 0 radical (unpaired) electrons. The number of hydrogen-bond donors (Lipinski definition) is 2. The molecule has 2 N–H and O–H groups in total. The average Bonchev–Trinajstić information content (AvgIpc) is 3.17. The van der Waals surface area contributed by atoms with Gasteiger partial charge in [-0.15, -0.1) is 0 Å². The topological polar surface area (TPSA) is 89.6 Å². The first-order valence-corrected chi connectivity index (χ1v) is 10.0. The quantitative estimate of drug-likeness (QED) is 0.500. The highest BCUT2D eigenvalue weighted by molar-refractivity contribution is 5.92. The fourth-order valence-corrected chi connectivity index (χ4v) is 3.12. The van der Waals surface area contributed by atoms with Crippen molar-refractivity contribution in [2.45, 2.75) is 20.3 Å². The van der Waals surface area contributed by atoms with E-state index in [1.807, 2.05) is 44.3 Å². The highest BCUT2D eigenvalue weighted by Crippen LogP contribution is 2.28. The minimum Gasteiger partial charge on any atom is -0.490 e. The summed E-state index contributed by atoms with van der Waals surface area (Å²) in [5.74, 6) is 0.0906. The molecule has 1 heterocycles. The fraction of sp³-hybridized carbons (Fsp3) is 0.304. The molecule has 1 aromatic heterocycles. The number of H-pyrrole nitrogens is 1. The molecule has 0 aliphatic heterocycles. The zero-order valence-electron chi connectivity index (χ0n) is 17.2. The smallest absolute Gasteiger partial charge is 0.338 e. The number of ether oxygens (including phenoxy) is 3. The lowest BCUT2D eigenvalue weighted by atomic mass is 10.1.